The van der Waals surface area contributed by atoms with Crippen LogP contribution in [-0.2, 0) is 6.42 Å². The molecule has 0 aliphatic carbocycles. The van der Waals surface area contributed by atoms with Crippen molar-refractivity contribution in [3.8, 4) is 0 Å². The van der Waals surface area contributed by atoms with Gasteiger partial charge in [0.15, 0.2) is 0 Å². The first-order chi connectivity index (χ1) is 10.1. The van der Waals surface area contributed by atoms with Crippen LogP contribution in [0.25, 0.3) is 0 Å². The molecule has 2 aromatic rings. The number of aryl methyl sites for hydroxylation is 1. The lowest BCUT2D eigenvalue weighted by Gasteiger charge is -2.38. The first kappa shape index (κ1) is 14.1. The van der Waals surface area contributed by atoms with E-state index in [9.17, 15) is 9.50 Å². The molecule has 2 aromatic carbocycles. The van der Waals surface area contributed by atoms with Crippen LogP contribution in [0.1, 0.15) is 37.5 Å². The topological polar surface area (TPSA) is 23.5 Å². The number of rotatable bonds is 2. The second-order valence-electron chi connectivity index (χ2n) is 5.74. The molecule has 3 rings (SSSR count). The number of hydrogen-bond acceptors (Lipinski definition) is 2. The van der Waals surface area contributed by atoms with E-state index >= 15 is 0 Å². The molecule has 0 spiro atoms. The second-order valence-corrected chi connectivity index (χ2v) is 5.74. The molecule has 2 atom stereocenters. The van der Waals surface area contributed by atoms with Crippen molar-refractivity contribution in [2.75, 3.05) is 4.90 Å². The lowest BCUT2D eigenvalue weighted by Crippen LogP contribution is -2.34. The Labute approximate surface area is 124 Å². The fraction of sp³-hybridized carbons (Fsp3) is 0.333. The van der Waals surface area contributed by atoms with Crippen LogP contribution in [0.3, 0.4) is 0 Å². The molecule has 1 heterocycles. The van der Waals surface area contributed by atoms with E-state index in [-0.39, 0.29) is 11.9 Å². The van der Waals surface area contributed by atoms with Crippen LogP contribution in [-0.4, -0.2) is 11.1 Å². The van der Waals surface area contributed by atoms with E-state index < -0.39 is 6.10 Å². The molecule has 0 bridgehead atoms. The number of para-hydroxylation sites is 1. The number of fused-ring (bicyclic) bond motifs is 1. The molecule has 1 aliphatic heterocycles. The van der Waals surface area contributed by atoms with Crippen LogP contribution in [0, 0.1) is 5.82 Å². The molecule has 0 fully saturated rings. The zero-order chi connectivity index (χ0) is 15.0. The van der Waals surface area contributed by atoms with Crippen molar-refractivity contribution in [2.24, 2.45) is 0 Å². The predicted molar refractivity (Wildman–Crippen MR) is 83.4 cm³/mol. The Morgan fingerprint density at radius 3 is 2.62 bits per heavy atom. The molecule has 1 aliphatic rings. The van der Waals surface area contributed by atoms with Gasteiger partial charge in [-0.05, 0) is 50.5 Å². The summed E-state index contributed by atoms with van der Waals surface area (Å²) in [5.41, 5.74) is 3.53. The van der Waals surface area contributed by atoms with Crippen molar-refractivity contribution in [2.45, 2.75) is 38.8 Å². The number of nitrogens with zero attached hydrogens (tertiary/aromatic N) is 1. The van der Waals surface area contributed by atoms with Crippen LogP contribution < -0.4 is 4.90 Å². The van der Waals surface area contributed by atoms with E-state index in [4.69, 9.17) is 0 Å². The van der Waals surface area contributed by atoms with Gasteiger partial charge in [0.1, 0.15) is 5.82 Å². The summed E-state index contributed by atoms with van der Waals surface area (Å²) >= 11 is 0. The maximum absolute atomic E-state index is 14.2. The molecule has 2 nitrogen and oxygen atoms in total. The van der Waals surface area contributed by atoms with Gasteiger partial charge in [-0.3, -0.25) is 0 Å². The summed E-state index contributed by atoms with van der Waals surface area (Å²) in [5, 5.41) is 9.98. The van der Waals surface area contributed by atoms with E-state index in [1.165, 1.54) is 11.6 Å². The Balaban J connectivity index is 2.19. The molecule has 0 saturated heterocycles. The standard InChI is InChI=1S/C18H20FNO/c1-12-10-11-14-6-3-4-8-16(14)20(12)17-9-5-7-15(19)18(17)13(2)21/h3-9,12-13,21H,10-11H2,1-2H3. The molecule has 21 heavy (non-hydrogen) atoms. The molecular weight excluding hydrogens is 265 g/mol. The third-order valence-corrected chi connectivity index (χ3v) is 4.23. The minimum atomic E-state index is -0.831. The zero-order valence-electron chi connectivity index (χ0n) is 12.4. The predicted octanol–water partition coefficient (Wildman–Crippen LogP) is 4.35. The Morgan fingerprint density at radius 1 is 1.14 bits per heavy atom. The number of anilines is 2. The quantitative estimate of drug-likeness (QED) is 0.886. The molecule has 3 heteroatoms. The molecule has 1 N–H and O–H groups in total. The Hall–Kier alpha value is -1.87. The number of aliphatic hydroxyl groups excluding tert-OH is 1. The average Bonchev–Trinajstić information content (AvgIpc) is 2.46. The van der Waals surface area contributed by atoms with Crippen LogP contribution in [0.15, 0.2) is 42.5 Å². The number of halogens is 1. The van der Waals surface area contributed by atoms with Gasteiger partial charge in [-0.25, -0.2) is 4.39 Å². The van der Waals surface area contributed by atoms with Gasteiger partial charge in [0, 0.05) is 17.3 Å². The van der Waals surface area contributed by atoms with Crippen molar-refractivity contribution in [1.82, 2.24) is 0 Å². The molecule has 2 unspecified atom stereocenters. The molecular formula is C18H20FNO. The van der Waals surface area contributed by atoms with E-state index in [1.807, 2.05) is 18.2 Å². The van der Waals surface area contributed by atoms with Crippen LogP contribution in [0.4, 0.5) is 15.8 Å². The number of hydrogen-bond donors (Lipinski definition) is 1. The Bertz CT molecular complexity index is 653. The van der Waals surface area contributed by atoms with Gasteiger partial charge in [0.2, 0.25) is 0 Å². The van der Waals surface area contributed by atoms with Gasteiger partial charge >= 0.3 is 0 Å². The highest BCUT2D eigenvalue weighted by molar-refractivity contribution is 5.71. The third-order valence-electron chi connectivity index (χ3n) is 4.23. The van der Waals surface area contributed by atoms with E-state index in [0.29, 0.717) is 5.56 Å². The molecule has 0 amide bonds. The lowest BCUT2D eigenvalue weighted by atomic mass is 9.94. The first-order valence-electron chi connectivity index (χ1n) is 7.43. The monoisotopic (exact) mass is 285 g/mol. The van der Waals surface area contributed by atoms with Crippen molar-refractivity contribution in [3.63, 3.8) is 0 Å². The van der Waals surface area contributed by atoms with Gasteiger partial charge in [0.05, 0.1) is 11.8 Å². The normalized spacial score (nSPS) is 19.2. The van der Waals surface area contributed by atoms with Crippen molar-refractivity contribution in [3.05, 3.63) is 59.4 Å². The average molecular weight is 285 g/mol. The second kappa shape index (κ2) is 5.49. The van der Waals surface area contributed by atoms with E-state index in [2.05, 4.69) is 24.0 Å². The molecule has 0 radical (unpaired) electrons. The smallest absolute Gasteiger partial charge is 0.131 e. The van der Waals surface area contributed by atoms with Gasteiger partial charge in [-0.1, -0.05) is 24.3 Å². The maximum Gasteiger partial charge on any atom is 0.131 e. The van der Waals surface area contributed by atoms with Gasteiger partial charge in [-0.2, -0.15) is 0 Å². The highest BCUT2D eigenvalue weighted by Crippen LogP contribution is 2.40. The first-order valence-corrected chi connectivity index (χ1v) is 7.43. The van der Waals surface area contributed by atoms with Gasteiger partial charge < -0.3 is 10.0 Å². The summed E-state index contributed by atoms with van der Waals surface area (Å²) < 4.78 is 14.2. The van der Waals surface area contributed by atoms with Crippen molar-refractivity contribution < 1.29 is 9.50 Å². The molecule has 0 saturated carbocycles. The number of benzene rings is 2. The van der Waals surface area contributed by atoms with E-state index in [0.717, 1.165) is 24.2 Å². The largest absolute Gasteiger partial charge is 0.389 e. The van der Waals surface area contributed by atoms with Crippen LogP contribution >= 0.6 is 0 Å². The summed E-state index contributed by atoms with van der Waals surface area (Å²) in [6.07, 6.45) is 1.22. The highest BCUT2D eigenvalue weighted by Gasteiger charge is 2.27. The molecule has 0 aromatic heterocycles. The van der Waals surface area contributed by atoms with E-state index in [1.54, 1.807) is 13.0 Å². The fourth-order valence-electron chi connectivity index (χ4n) is 3.20. The SMILES string of the molecule is CC(O)c1c(F)cccc1N1c2ccccc2CCC1C. The zero-order valence-corrected chi connectivity index (χ0v) is 12.4. The summed E-state index contributed by atoms with van der Waals surface area (Å²) in [5.74, 6) is -0.349. The number of aliphatic hydroxyl groups is 1. The minimum absolute atomic E-state index is 0.277. The van der Waals surface area contributed by atoms with Crippen LogP contribution in [0.5, 0.6) is 0 Å². The third kappa shape index (κ3) is 2.42. The van der Waals surface area contributed by atoms with Gasteiger partial charge in [0.25, 0.3) is 0 Å². The van der Waals surface area contributed by atoms with Crippen molar-refractivity contribution >= 4 is 11.4 Å². The lowest BCUT2D eigenvalue weighted by molar-refractivity contribution is 0.194. The Morgan fingerprint density at radius 2 is 1.86 bits per heavy atom. The summed E-state index contributed by atoms with van der Waals surface area (Å²) in [7, 11) is 0. The molecule has 110 valence electrons. The summed E-state index contributed by atoms with van der Waals surface area (Å²) in [6, 6.07) is 13.5. The van der Waals surface area contributed by atoms with Gasteiger partial charge in [-0.15, -0.1) is 0 Å². The van der Waals surface area contributed by atoms with Crippen LogP contribution in [0.2, 0.25) is 0 Å². The highest BCUT2D eigenvalue weighted by atomic mass is 19.1. The Kier molecular flexibility index (Phi) is 3.68. The minimum Gasteiger partial charge on any atom is -0.389 e. The summed E-state index contributed by atoms with van der Waals surface area (Å²) in [4.78, 5) is 2.16. The maximum atomic E-state index is 14.2. The van der Waals surface area contributed by atoms with Crippen molar-refractivity contribution in [1.29, 1.82) is 0 Å². The fourth-order valence-corrected chi connectivity index (χ4v) is 3.20. The summed E-state index contributed by atoms with van der Waals surface area (Å²) in [6.45, 7) is 3.76.